The maximum atomic E-state index is 11.1. The van der Waals surface area contributed by atoms with Crippen LogP contribution in [-0.2, 0) is 4.74 Å². The Kier molecular flexibility index (Phi) is 6.01. The first kappa shape index (κ1) is 14.9. The summed E-state index contributed by atoms with van der Waals surface area (Å²) in [5.41, 5.74) is 0.329. The van der Waals surface area contributed by atoms with Gasteiger partial charge in [0.2, 0.25) is 0 Å². The van der Waals surface area contributed by atoms with Gasteiger partial charge < -0.3 is 9.64 Å². The molecule has 100 valence electrons. The second-order valence-electron chi connectivity index (χ2n) is 3.96. The molecule has 18 heavy (non-hydrogen) atoms. The largest absolute Gasteiger partial charge is 0.383 e. The topological polar surface area (TPSA) is 55.3 Å². The first-order valence-corrected chi connectivity index (χ1v) is 6.24. The van der Waals surface area contributed by atoms with Gasteiger partial charge in [-0.05, 0) is 13.3 Å². The summed E-state index contributed by atoms with van der Waals surface area (Å²) in [6.07, 6.45) is 3.00. The molecule has 0 amide bonds. The van der Waals surface area contributed by atoms with Crippen molar-refractivity contribution in [2.45, 2.75) is 26.3 Å². The van der Waals surface area contributed by atoms with Crippen molar-refractivity contribution in [1.29, 1.82) is 0 Å². The lowest BCUT2D eigenvalue weighted by molar-refractivity contribution is 0.112. The highest BCUT2D eigenvalue weighted by Crippen LogP contribution is 2.23. The van der Waals surface area contributed by atoms with Gasteiger partial charge in [0.15, 0.2) is 6.29 Å². The molecular weight excluding hydrogens is 254 g/mol. The highest BCUT2D eigenvalue weighted by atomic mass is 35.5. The van der Waals surface area contributed by atoms with Crippen LogP contribution in [0.1, 0.15) is 30.6 Å². The number of ether oxygens (including phenoxy) is 1. The number of carbonyl (C=O) groups is 1. The van der Waals surface area contributed by atoms with Crippen LogP contribution < -0.4 is 4.90 Å². The maximum Gasteiger partial charge on any atom is 0.156 e. The van der Waals surface area contributed by atoms with Crippen LogP contribution in [0.4, 0.5) is 5.82 Å². The van der Waals surface area contributed by atoms with Crippen molar-refractivity contribution in [1.82, 2.24) is 9.97 Å². The second-order valence-corrected chi connectivity index (χ2v) is 4.32. The molecule has 0 aliphatic rings. The van der Waals surface area contributed by atoms with Gasteiger partial charge in [-0.1, -0.05) is 18.5 Å². The molecule has 0 aliphatic carbocycles. The number of aromatic nitrogens is 2. The van der Waals surface area contributed by atoms with Gasteiger partial charge >= 0.3 is 0 Å². The van der Waals surface area contributed by atoms with Crippen molar-refractivity contribution < 1.29 is 9.53 Å². The zero-order valence-electron chi connectivity index (χ0n) is 10.9. The van der Waals surface area contributed by atoms with Crippen LogP contribution in [0.5, 0.6) is 0 Å². The van der Waals surface area contributed by atoms with Crippen LogP contribution in [0.25, 0.3) is 0 Å². The first-order valence-electron chi connectivity index (χ1n) is 5.86. The molecule has 6 heteroatoms. The van der Waals surface area contributed by atoms with Gasteiger partial charge in [0, 0.05) is 19.7 Å². The van der Waals surface area contributed by atoms with Crippen LogP contribution >= 0.6 is 11.6 Å². The standard InChI is InChI=1S/C12H18ClN3O2/c1-4-9(2)16(5-6-18-3)12-10(7-17)11(13)14-8-15-12/h7-9H,4-6H2,1-3H3. The van der Waals surface area contributed by atoms with Crippen molar-refractivity contribution in [3.05, 3.63) is 17.0 Å². The summed E-state index contributed by atoms with van der Waals surface area (Å²) in [5.74, 6) is 0.566. The molecular formula is C12H18ClN3O2. The summed E-state index contributed by atoms with van der Waals surface area (Å²) in [4.78, 5) is 21.1. The van der Waals surface area contributed by atoms with Crippen LogP contribution in [0.3, 0.4) is 0 Å². The minimum atomic E-state index is 0.181. The molecule has 1 atom stereocenters. The van der Waals surface area contributed by atoms with E-state index >= 15 is 0 Å². The Labute approximate surface area is 112 Å². The van der Waals surface area contributed by atoms with Crippen molar-refractivity contribution >= 4 is 23.7 Å². The van der Waals surface area contributed by atoms with Gasteiger partial charge in [-0.2, -0.15) is 0 Å². The SMILES string of the molecule is CCC(C)N(CCOC)c1ncnc(Cl)c1C=O. The molecule has 1 rings (SSSR count). The average Bonchev–Trinajstić information content (AvgIpc) is 2.39. The summed E-state index contributed by atoms with van der Waals surface area (Å²) in [6.45, 7) is 5.36. The quantitative estimate of drug-likeness (QED) is 0.562. The van der Waals surface area contributed by atoms with Crippen molar-refractivity contribution in [2.24, 2.45) is 0 Å². The monoisotopic (exact) mass is 271 g/mol. The Morgan fingerprint density at radius 1 is 1.56 bits per heavy atom. The fourth-order valence-corrected chi connectivity index (χ4v) is 1.81. The number of rotatable bonds is 7. The number of hydrogen-bond acceptors (Lipinski definition) is 5. The van der Waals surface area contributed by atoms with Gasteiger partial charge in [0.25, 0.3) is 0 Å². The second kappa shape index (κ2) is 7.28. The lowest BCUT2D eigenvalue weighted by Gasteiger charge is -2.30. The molecule has 5 nitrogen and oxygen atoms in total. The minimum Gasteiger partial charge on any atom is -0.383 e. The number of methoxy groups -OCH3 is 1. The molecule has 0 aromatic carbocycles. The predicted molar refractivity (Wildman–Crippen MR) is 71.4 cm³/mol. The van der Waals surface area contributed by atoms with E-state index in [1.54, 1.807) is 7.11 Å². The smallest absolute Gasteiger partial charge is 0.156 e. The Hall–Kier alpha value is -1.20. The predicted octanol–water partition coefficient (Wildman–Crippen LogP) is 2.19. The molecule has 1 aromatic heterocycles. The van der Waals surface area contributed by atoms with Gasteiger partial charge in [-0.25, -0.2) is 9.97 Å². The van der Waals surface area contributed by atoms with E-state index in [0.717, 1.165) is 6.42 Å². The van der Waals surface area contributed by atoms with E-state index in [1.165, 1.54) is 6.33 Å². The molecule has 0 saturated heterocycles. The van der Waals surface area contributed by atoms with E-state index < -0.39 is 0 Å². The fraction of sp³-hybridized carbons (Fsp3) is 0.583. The van der Waals surface area contributed by atoms with E-state index in [1.807, 2.05) is 4.90 Å². The molecule has 1 unspecified atom stereocenters. The summed E-state index contributed by atoms with van der Waals surface area (Å²) >= 11 is 5.92. The van der Waals surface area contributed by atoms with Crippen LogP contribution in [0.15, 0.2) is 6.33 Å². The number of carbonyl (C=O) groups excluding carboxylic acids is 1. The third-order valence-electron chi connectivity index (χ3n) is 2.86. The number of halogens is 1. The highest BCUT2D eigenvalue weighted by Gasteiger charge is 2.19. The van der Waals surface area contributed by atoms with Gasteiger partial charge in [-0.15, -0.1) is 0 Å². The number of nitrogens with zero attached hydrogens (tertiary/aromatic N) is 3. The Bertz CT molecular complexity index is 401. The summed E-state index contributed by atoms with van der Waals surface area (Å²) in [6, 6.07) is 0.241. The maximum absolute atomic E-state index is 11.1. The molecule has 1 heterocycles. The third kappa shape index (κ3) is 3.40. The van der Waals surface area contributed by atoms with E-state index in [-0.39, 0.29) is 11.2 Å². The van der Waals surface area contributed by atoms with Crippen LogP contribution in [-0.4, -0.2) is 42.6 Å². The Morgan fingerprint density at radius 2 is 2.28 bits per heavy atom. The Balaban J connectivity index is 3.11. The molecule has 0 radical (unpaired) electrons. The average molecular weight is 272 g/mol. The van der Waals surface area contributed by atoms with Gasteiger partial charge in [-0.3, -0.25) is 4.79 Å². The minimum absolute atomic E-state index is 0.181. The van der Waals surface area contributed by atoms with Crippen molar-refractivity contribution in [2.75, 3.05) is 25.2 Å². The molecule has 0 N–H and O–H groups in total. The summed E-state index contributed by atoms with van der Waals surface area (Å²) in [7, 11) is 1.64. The van der Waals surface area contributed by atoms with E-state index in [4.69, 9.17) is 16.3 Å². The van der Waals surface area contributed by atoms with Gasteiger partial charge in [0.05, 0.1) is 12.2 Å². The lowest BCUT2D eigenvalue weighted by Crippen LogP contribution is -2.37. The number of anilines is 1. The van der Waals surface area contributed by atoms with E-state index in [9.17, 15) is 4.79 Å². The number of aldehydes is 1. The fourth-order valence-electron chi connectivity index (χ4n) is 1.64. The molecule has 1 aromatic rings. The molecule has 0 spiro atoms. The van der Waals surface area contributed by atoms with Crippen LogP contribution in [0.2, 0.25) is 5.15 Å². The van der Waals surface area contributed by atoms with E-state index in [0.29, 0.717) is 30.8 Å². The molecule has 0 fully saturated rings. The van der Waals surface area contributed by atoms with Crippen molar-refractivity contribution in [3.8, 4) is 0 Å². The molecule has 0 aliphatic heterocycles. The Morgan fingerprint density at radius 3 is 2.83 bits per heavy atom. The van der Waals surface area contributed by atoms with E-state index in [2.05, 4.69) is 23.8 Å². The van der Waals surface area contributed by atoms with Gasteiger partial charge in [0.1, 0.15) is 17.3 Å². The van der Waals surface area contributed by atoms with Crippen LogP contribution in [0, 0.1) is 0 Å². The third-order valence-corrected chi connectivity index (χ3v) is 3.16. The first-order chi connectivity index (χ1) is 8.65. The van der Waals surface area contributed by atoms with Crippen molar-refractivity contribution in [3.63, 3.8) is 0 Å². The lowest BCUT2D eigenvalue weighted by atomic mass is 10.2. The summed E-state index contributed by atoms with van der Waals surface area (Å²) in [5, 5.41) is 0.181. The highest BCUT2D eigenvalue weighted by molar-refractivity contribution is 6.32. The zero-order chi connectivity index (χ0) is 13.5. The number of hydrogen-bond donors (Lipinski definition) is 0. The normalized spacial score (nSPS) is 12.2. The molecule has 0 bridgehead atoms. The molecule has 0 saturated carbocycles. The summed E-state index contributed by atoms with van der Waals surface area (Å²) < 4.78 is 5.09. The zero-order valence-corrected chi connectivity index (χ0v) is 11.6.